The van der Waals surface area contributed by atoms with Crippen LogP contribution in [0.1, 0.15) is 25.0 Å². The molecule has 0 heterocycles. The third-order valence-corrected chi connectivity index (χ3v) is 5.43. The molecule has 0 amide bonds. The minimum atomic E-state index is -2.99. The fourth-order valence-electron chi connectivity index (χ4n) is 2.17. The van der Waals surface area contributed by atoms with Crippen molar-refractivity contribution >= 4 is 39.8 Å². The molecule has 0 saturated carbocycles. The maximum absolute atomic E-state index is 11.5. The molecular weight excluding hydrogens is 481 g/mol. The minimum absolute atomic E-state index is 0. The van der Waals surface area contributed by atoms with E-state index in [1.807, 2.05) is 32.0 Å². The van der Waals surface area contributed by atoms with Crippen LogP contribution >= 0.6 is 24.0 Å². The van der Waals surface area contributed by atoms with E-state index in [4.69, 9.17) is 9.47 Å². The lowest BCUT2D eigenvalue weighted by Gasteiger charge is -2.15. The first kappa shape index (κ1) is 25.9. The van der Waals surface area contributed by atoms with Crippen LogP contribution in [0.25, 0.3) is 0 Å². The number of hydrogen-bond acceptors (Lipinski definition) is 5. The number of hydrogen-bond donors (Lipinski definition) is 2. The maximum atomic E-state index is 11.5. The van der Waals surface area contributed by atoms with Crippen molar-refractivity contribution in [2.75, 3.05) is 44.9 Å². The number of benzene rings is 1. The van der Waals surface area contributed by atoms with Crippen molar-refractivity contribution in [2.24, 2.45) is 4.99 Å². The Morgan fingerprint density at radius 2 is 1.93 bits per heavy atom. The zero-order valence-electron chi connectivity index (χ0n) is 16.6. The highest BCUT2D eigenvalue weighted by Crippen LogP contribution is 2.20. The van der Waals surface area contributed by atoms with Gasteiger partial charge < -0.3 is 20.1 Å². The Hall–Kier alpha value is -1.07. The third-order valence-electron chi connectivity index (χ3n) is 3.73. The zero-order valence-corrected chi connectivity index (χ0v) is 19.7. The first-order valence-electron chi connectivity index (χ1n) is 8.86. The fraction of sp³-hybridized carbons (Fsp3) is 0.611. The lowest BCUT2D eigenvalue weighted by molar-refractivity contribution is 0.110. The molecule has 1 aromatic rings. The summed E-state index contributed by atoms with van der Waals surface area (Å²) in [5.41, 5.74) is 2.11. The Kier molecular flexibility index (Phi) is 13.4. The highest BCUT2D eigenvalue weighted by Gasteiger charge is 2.09. The molecule has 0 saturated heterocycles. The van der Waals surface area contributed by atoms with Gasteiger partial charge in [0.1, 0.15) is 12.4 Å². The van der Waals surface area contributed by atoms with E-state index in [9.17, 15) is 8.42 Å². The lowest BCUT2D eigenvalue weighted by Crippen LogP contribution is -2.39. The monoisotopic (exact) mass is 513 g/mol. The van der Waals surface area contributed by atoms with Crippen molar-refractivity contribution in [3.05, 3.63) is 29.3 Å². The summed E-state index contributed by atoms with van der Waals surface area (Å²) in [7, 11) is -1.34. The van der Waals surface area contributed by atoms with E-state index in [2.05, 4.69) is 15.6 Å². The Morgan fingerprint density at radius 1 is 1.19 bits per heavy atom. The van der Waals surface area contributed by atoms with Gasteiger partial charge in [-0.2, -0.15) is 0 Å². The van der Waals surface area contributed by atoms with Crippen molar-refractivity contribution in [1.29, 1.82) is 0 Å². The second-order valence-electron chi connectivity index (χ2n) is 5.75. The van der Waals surface area contributed by atoms with Crippen LogP contribution in [0.5, 0.6) is 5.75 Å². The van der Waals surface area contributed by atoms with Gasteiger partial charge in [-0.25, -0.2) is 8.42 Å². The smallest absolute Gasteiger partial charge is 0.191 e. The van der Waals surface area contributed by atoms with Crippen LogP contribution in [0.3, 0.4) is 0 Å². The summed E-state index contributed by atoms with van der Waals surface area (Å²) < 4.78 is 34.2. The SMILES string of the molecule is CCOCCOc1cc(C)ccc1CNC(=NC)NCCS(=O)(=O)CC.I. The Morgan fingerprint density at radius 3 is 2.56 bits per heavy atom. The van der Waals surface area contributed by atoms with Crippen LogP contribution in [0.4, 0.5) is 0 Å². The van der Waals surface area contributed by atoms with Crippen LogP contribution in [-0.2, 0) is 21.1 Å². The third kappa shape index (κ3) is 10.7. The summed E-state index contributed by atoms with van der Waals surface area (Å²) in [6, 6.07) is 6.02. The molecule has 0 unspecified atom stereocenters. The van der Waals surface area contributed by atoms with Crippen molar-refractivity contribution < 1.29 is 17.9 Å². The molecule has 0 radical (unpaired) electrons. The molecule has 0 aliphatic carbocycles. The van der Waals surface area contributed by atoms with Gasteiger partial charge in [-0.3, -0.25) is 4.99 Å². The van der Waals surface area contributed by atoms with Gasteiger partial charge in [-0.05, 0) is 25.5 Å². The molecule has 0 aromatic heterocycles. The topological polar surface area (TPSA) is 89.0 Å². The molecule has 7 nitrogen and oxygen atoms in total. The molecule has 27 heavy (non-hydrogen) atoms. The largest absolute Gasteiger partial charge is 0.491 e. The molecule has 1 rings (SSSR count). The molecule has 0 fully saturated rings. The molecule has 0 bridgehead atoms. The second kappa shape index (κ2) is 14.0. The van der Waals surface area contributed by atoms with Gasteiger partial charge in [0.15, 0.2) is 15.8 Å². The normalized spacial score (nSPS) is 11.6. The molecule has 9 heteroatoms. The van der Waals surface area contributed by atoms with Gasteiger partial charge in [0.2, 0.25) is 0 Å². The van der Waals surface area contributed by atoms with Gasteiger partial charge in [0.05, 0.1) is 12.4 Å². The molecule has 0 spiro atoms. The van der Waals surface area contributed by atoms with E-state index in [0.717, 1.165) is 16.9 Å². The number of halogens is 1. The van der Waals surface area contributed by atoms with Crippen LogP contribution < -0.4 is 15.4 Å². The number of sulfone groups is 1. The van der Waals surface area contributed by atoms with E-state index < -0.39 is 9.84 Å². The van der Waals surface area contributed by atoms with Crippen LogP contribution in [0.15, 0.2) is 23.2 Å². The average molecular weight is 513 g/mol. The summed E-state index contributed by atoms with van der Waals surface area (Å²) >= 11 is 0. The maximum Gasteiger partial charge on any atom is 0.191 e. The van der Waals surface area contributed by atoms with Gasteiger partial charge >= 0.3 is 0 Å². The minimum Gasteiger partial charge on any atom is -0.491 e. The van der Waals surface area contributed by atoms with E-state index in [1.165, 1.54) is 0 Å². The Balaban J connectivity index is 0.00000676. The van der Waals surface area contributed by atoms with Gasteiger partial charge in [-0.15, -0.1) is 24.0 Å². The molecule has 0 atom stereocenters. The predicted octanol–water partition coefficient (Wildman–Crippen LogP) is 2.13. The quantitative estimate of drug-likeness (QED) is 0.204. The number of rotatable bonds is 11. The van der Waals surface area contributed by atoms with E-state index in [0.29, 0.717) is 38.9 Å². The first-order chi connectivity index (χ1) is 12.4. The highest BCUT2D eigenvalue weighted by atomic mass is 127. The summed E-state index contributed by atoms with van der Waals surface area (Å²) in [6.07, 6.45) is 0. The Bertz CT molecular complexity index is 681. The van der Waals surface area contributed by atoms with Crippen molar-refractivity contribution in [3.63, 3.8) is 0 Å². The number of aliphatic imine (C=N–C) groups is 1. The molecule has 1 aromatic carbocycles. The van der Waals surface area contributed by atoms with Crippen molar-refractivity contribution in [1.82, 2.24) is 10.6 Å². The predicted molar refractivity (Wildman–Crippen MR) is 121 cm³/mol. The zero-order chi connectivity index (χ0) is 19.4. The standard InChI is InChI=1S/C18H31N3O4S.HI/c1-5-24-10-11-25-17-13-15(3)7-8-16(17)14-21-18(19-4)20-9-12-26(22,23)6-2;/h7-8,13H,5-6,9-12,14H2,1-4H3,(H2,19,20,21);1H. The van der Waals surface area contributed by atoms with Crippen LogP contribution in [-0.4, -0.2) is 59.3 Å². The lowest BCUT2D eigenvalue weighted by atomic mass is 10.1. The number of nitrogens with one attached hydrogen (secondary N) is 2. The molecular formula is C18H32IN3O4S. The van der Waals surface area contributed by atoms with Gasteiger partial charge in [0, 0.05) is 38.1 Å². The number of aryl methyl sites for hydroxylation is 1. The van der Waals surface area contributed by atoms with E-state index in [1.54, 1.807) is 14.0 Å². The summed E-state index contributed by atoms with van der Waals surface area (Å²) in [4.78, 5) is 4.12. The van der Waals surface area contributed by atoms with E-state index >= 15 is 0 Å². The summed E-state index contributed by atoms with van der Waals surface area (Å²) in [5.74, 6) is 1.59. The van der Waals surface area contributed by atoms with Crippen LogP contribution in [0.2, 0.25) is 0 Å². The van der Waals surface area contributed by atoms with E-state index in [-0.39, 0.29) is 35.5 Å². The first-order valence-corrected chi connectivity index (χ1v) is 10.7. The number of nitrogens with zero attached hydrogens (tertiary/aromatic N) is 1. The van der Waals surface area contributed by atoms with Gasteiger partial charge in [0.25, 0.3) is 0 Å². The average Bonchev–Trinajstić information content (AvgIpc) is 2.62. The molecule has 0 aliphatic heterocycles. The fourth-order valence-corrected chi connectivity index (χ4v) is 2.87. The van der Waals surface area contributed by atoms with Crippen molar-refractivity contribution in [2.45, 2.75) is 27.3 Å². The second-order valence-corrected chi connectivity index (χ2v) is 8.22. The molecule has 156 valence electrons. The molecule has 0 aliphatic rings. The number of ether oxygens (including phenoxy) is 2. The summed E-state index contributed by atoms with van der Waals surface area (Å²) in [5, 5.41) is 6.20. The molecule has 2 N–H and O–H groups in total. The van der Waals surface area contributed by atoms with Gasteiger partial charge in [-0.1, -0.05) is 19.1 Å². The number of guanidine groups is 1. The van der Waals surface area contributed by atoms with Crippen molar-refractivity contribution in [3.8, 4) is 5.75 Å². The van der Waals surface area contributed by atoms with Crippen LogP contribution in [0, 0.1) is 6.92 Å². The highest BCUT2D eigenvalue weighted by molar-refractivity contribution is 14.0. The summed E-state index contributed by atoms with van der Waals surface area (Å²) in [6.45, 7) is 8.16. The Labute approximate surface area is 180 Å².